The highest BCUT2D eigenvalue weighted by Crippen LogP contribution is 2.07. The maximum absolute atomic E-state index is 11.6. The molecule has 0 spiro atoms. The molecule has 0 fully saturated rings. The quantitative estimate of drug-likeness (QED) is 0.808. The molecule has 0 aromatic carbocycles. The van der Waals surface area contributed by atoms with Crippen LogP contribution in [-0.2, 0) is 11.2 Å². The first-order valence-electron chi connectivity index (χ1n) is 5.42. The number of nitrogens with zero attached hydrogens (tertiary/aromatic N) is 1. The van der Waals surface area contributed by atoms with Crippen LogP contribution in [0.15, 0.2) is 10.9 Å². The van der Waals surface area contributed by atoms with Gasteiger partial charge in [-0.2, -0.15) is 0 Å². The SMILES string of the molecule is CCC(CC)C(=O)NCCc1cscn1. The molecule has 1 rings (SSSR count). The Morgan fingerprint density at radius 3 is 2.80 bits per heavy atom. The Kier molecular flexibility index (Phi) is 5.32. The number of rotatable bonds is 6. The topological polar surface area (TPSA) is 42.0 Å². The predicted molar refractivity (Wildman–Crippen MR) is 62.9 cm³/mol. The normalized spacial score (nSPS) is 10.6. The van der Waals surface area contributed by atoms with Crippen molar-refractivity contribution in [3.63, 3.8) is 0 Å². The van der Waals surface area contributed by atoms with Gasteiger partial charge in [-0.25, -0.2) is 4.98 Å². The first-order valence-corrected chi connectivity index (χ1v) is 6.37. The van der Waals surface area contributed by atoms with Crippen LogP contribution >= 0.6 is 11.3 Å². The van der Waals surface area contributed by atoms with Crippen molar-refractivity contribution in [2.24, 2.45) is 5.92 Å². The minimum Gasteiger partial charge on any atom is -0.355 e. The first-order chi connectivity index (χ1) is 7.27. The molecule has 1 heterocycles. The summed E-state index contributed by atoms with van der Waals surface area (Å²) in [6.07, 6.45) is 2.66. The number of hydrogen-bond acceptors (Lipinski definition) is 3. The van der Waals surface area contributed by atoms with E-state index in [1.54, 1.807) is 11.3 Å². The molecular formula is C11H18N2OS. The molecule has 0 atom stereocenters. The fraction of sp³-hybridized carbons (Fsp3) is 0.636. The third-order valence-electron chi connectivity index (χ3n) is 2.52. The van der Waals surface area contributed by atoms with Crippen LogP contribution in [0.3, 0.4) is 0 Å². The lowest BCUT2D eigenvalue weighted by Gasteiger charge is -2.11. The molecule has 1 N–H and O–H groups in total. The Hall–Kier alpha value is -0.900. The van der Waals surface area contributed by atoms with E-state index in [0.29, 0.717) is 6.54 Å². The number of carbonyl (C=O) groups is 1. The Bertz CT molecular complexity index is 281. The maximum atomic E-state index is 11.6. The Morgan fingerprint density at radius 1 is 1.53 bits per heavy atom. The van der Waals surface area contributed by atoms with Crippen molar-refractivity contribution in [2.75, 3.05) is 6.54 Å². The fourth-order valence-corrected chi connectivity index (χ4v) is 2.07. The van der Waals surface area contributed by atoms with Gasteiger partial charge < -0.3 is 5.32 Å². The van der Waals surface area contributed by atoms with Crippen molar-refractivity contribution in [3.8, 4) is 0 Å². The van der Waals surface area contributed by atoms with E-state index in [-0.39, 0.29) is 11.8 Å². The van der Waals surface area contributed by atoms with Gasteiger partial charge >= 0.3 is 0 Å². The summed E-state index contributed by atoms with van der Waals surface area (Å²) in [5.41, 5.74) is 2.88. The number of hydrogen-bond donors (Lipinski definition) is 1. The zero-order chi connectivity index (χ0) is 11.1. The van der Waals surface area contributed by atoms with Crippen LogP contribution in [0.5, 0.6) is 0 Å². The summed E-state index contributed by atoms with van der Waals surface area (Å²) in [5, 5.41) is 4.97. The predicted octanol–water partition coefficient (Wildman–Crippen LogP) is 2.24. The second-order valence-corrected chi connectivity index (χ2v) is 4.25. The van der Waals surface area contributed by atoms with Crippen LogP contribution in [0.1, 0.15) is 32.4 Å². The van der Waals surface area contributed by atoms with E-state index in [1.807, 2.05) is 24.7 Å². The van der Waals surface area contributed by atoms with Crippen molar-refractivity contribution in [2.45, 2.75) is 33.1 Å². The molecule has 1 aromatic heterocycles. The number of thiazole rings is 1. The smallest absolute Gasteiger partial charge is 0.223 e. The highest BCUT2D eigenvalue weighted by Gasteiger charge is 2.12. The lowest BCUT2D eigenvalue weighted by atomic mass is 10.0. The zero-order valence-corrected chi connectivity index (χ0v) is 10.1. The van der Waals surface area contributed by atoms with Gasteiger partial charge in [0, 0.05) is 24.3 Å². The van der Waals surface area contributed by atoms with E-state index in [9.17, 15) is 4.79 Å². The van der Waals surface area contributed by atoms with Crippen LogP contribution < -0.4 is 5.32 Å². The molecule has 1 aromatic rings. The summed E-state index contributed by atoms with van der Waals surface area (Å²) in [4.78, 5) is 15.8. The van der Waals surface area contributed by atoms with Crippen molar-refractivity contribution in [1.29, 1.82) is 0 Å². The summed E-state index contributed by atoms with van der Waals surface area (Å²) < 4.78 is 0. The van der Waals surface area contributed by atoms with E-state index < -0.39 is 0 Å². The summed E-state index contributed by atoms with van der Waals surface area (Å²) in [7, 11) is 0. The molecule has 1 amide bonds. The lowest BCUT2D eigenvalue weighted by molar-refractivity contribution is -0.125. The molecule has 0 aliphatic heterocycles. The van der Waals surface area contributed by atoms with Gasteiger partial charge in [-0.3, -0.25) is 4.79 Å². The average Bonchev–Trinajstić information content (AvgIpc) is 2.72. The van der Waals surface area contributed by atoms with Gasteiger partial charge in [0.05, 0.1) is 11.2 Å². The van der Waals surface area contributed by atoms with Crippen LogP contribution in [0.4, 0.5) is 0 Å². The number of amides is 1. The van der Waals surface area contributed by atoms with E-state index in [4.69, 9.17) is 0 Å². The summed E-state index contributed by atoms with van der Waals surface area (Å²) in [5.74, 6) is 0.343. The molecule has 0 aliphatic carbocycles. The Morgan fingerprint density at radius 2 is 2.27 bits per heavy atom. The van der Waals surface area contributed by atoms with Crippen LogP contribution in [0.25, 0.3) is 0 Å². The van der Waals surface area contributed by atoms with Gasteiger partial charge in [0.15, 0.2) is 0 Å². The van der Waals surface area contributed by atoms with Gasteiger partial charge in [0.25, 0.3) is 0 Å². The molecule has 0 unspecified atom stereocenters. The molecular weight excluding hydrogens is 208 g/mol. The molecule has 0 saturated heterocycles. The van der Waals surface area contributed by atoms with Crippen molar-refractivity contribution in [1.82, 2.24) is 10.3 Å². The van der Waals surface area contributed by atoms with Crippen molar-refractivity contribution in [3.05, 3.63) is 16.6 Å². The molecule has 0 saturated carbocycles. The average molecular weight is 226 g/mol. The molecule has 4 heteroatoms. The highest BCUT2D eigenvalue weighted by atomic mass is 32.1. The first kappa shape index (κ1) is 12.2. The van der Waals surface area contributed by atoms with Gasteiger partial charge in [-0.15, -0.1) is 11.3 Å². The van der Waals surface area contributed by atoms with E-state index >= 15 is 0 Å². The van der Waals surface area contributed by atoms with Gasteiger partial charge in [-0.05, 0) is 12.8 Å². The molecule has 15 heavy (non-hydrogen) atoms. The van der Waals surface area contributed by atoms with E-state index in [2.05, 4.69) is 10.3 Å². The Labute approximate surface area is 94.9 Å². The third kappa shape index (κ3) is 4.00. The van der Waals surface area contributed by atoms with E-state index in [0.717, 1.165) is 25.0 Å². The van der Waals surface area contributed by atoms with Crippen LogP contribution in [0.2, 0.25) is 0 Å². The second-order valence-electron chi connectivity index (χ2n) is 3.53. The van der Waals surface area contributed by atoms with E-state index in [1.165, 1.54) is 0 Å². The maximum Gasteiger partial charge on any atom is 0.223 e. The van der Waals surface area contributed by atoms with Gasteiger partial charge in [0.2, 0.25) is 5.91 Å². The largest absolute Gasteiger partial charge is 0.355 e. The van der Waals surface area contributed by atoms with Crippen molar-refractivity contribution >= 4 is 17.2 Å². The molecule has 0 radical (unpaired) electrons. The zero-order valence-electron chi connectivity index (χ0n) is 9.32. The molecule has 84 valence electrons. The van der Waals surface area contributed by atoms with Crippen LogP contribution in [0, 0.1) is 5.92 Å². The number of carbonyl (C=O) groups excluding carboxylic acids is 1. The Balaban J connectivity index is 2.22. The molecule has 3 nitrogen and oxygen atoms in total. The fourth-order valence-electron chi connectivity index (χ4n) is 1.48. The summed E-state index contributed by atoms with van der Waals surface area (Å²) in [6.45, 7) is 4.79. The minimum absolute atomic E-state index is 0.167. The molecule has 0 bridgehead atoms. The highest BCUT2D eigenvalue weighted by molar-refractivity contribution is 7.07. The second kappa shape index (κ2) is 6.56. The minimum atomic E-state index is 0.167. The standard InChI is InChI=1S/C11H18N2OS/c1-3-9(4-2)11(14)12-6-5-10-7-15-8-13-10/h7-9H,3-6H2,1-2H3,(H,12,14). The monoisotopic (exact) mass is 226 g/mol. The number of nitrogens with one attached hydrogen (secondary N) is 1. The summed E-state index contributed by atoms with van der Waals surface area (Å²) in [6, 6.07) is 0. The third-order valence-corrected chi connectivity index (χ3v) is 3.16. The summed E-state index contributed by atoms with van der Waals surface area (Å²) >= 11 is 1.59. The van der Waals surface area contributed by atoms with Gasteiger partial charge in [-0.1, -0.05) is 13.8 Å². The van der Waals surface area contributed by atoms with Crippen molar-refractivity contribution < 1.29 is 4.79 Å². The van der Waals surface area contributed by atoms with Crippen LogP contribution in [-0.4, -0.2) is 17.4 Å². The number of aromatic nitrogens is 1. The van der Waals surface area contributed by atoms with Gasteiger partial charge in [0.1, 0.15) is 0 Å². The molecule has 0 aliphatic rings. The lowest BCUT2D eigenvalue weighted by Crippen LogP contribution is -2.31.